The summed E-state index contributed by atoms with van der Waals surface area (Å²) in [6.07, 6.45) is 1.78. The largest absolute Gasteiger partial charge is 0.490 e. The molecule has 1 saturated carbocycles. The molecule has 0 heterocycles. The van der Waals surface area contributed by atoms with Crippen LogP contribution in [-0.2, 0) is 10.2 Å². The molecule has 4 nitrogen and oxygen atoms in total. The lowest BCUT2D eigenvalue weighted by atomic mass is 9.87. The lowest BCUT2D eigenvalue weighted by molar-refractivity contribution is 0.0448. The quantitative estimate of drug-likeness (QED) is 0.260. The number of hydrogen-bond acceptors (Lipinski definition) is 4. The van der Waals surface area contributed by atoms with Crippen LogP contribution < -0.4 is 4.74 Å². The average molecular weight is 429 g/mol. The maximum Gasteiger partial charge on any atom is 0.338 e. The lowest BCUT2D eigenvalue weighted by Gasteiger charge is -2.15. The molecule has 4 heteroatoms. The topological polar surface area (TPSA) is 52.6 Å². The number of carbonyl (C=O) groups is 2. The van der Waals surface area contributed by atoms with Gasteiger partial charge in [-0.15, -0.1) is 0 Å². The van der Waals surface area contributed by atoms with Crippen LogP contribution in [0.15, 0.2) is 66.7 Å². The molecule has 1 aliphatic rings. The van der Waals surface area contributed by atoms with Gasteiger partial charge in [0.05, 0.1) is 11.0 Å². The molecule has 0 saturated heterocycles. The Bertz CT molecular complexity index is 1100. The third kappa shape index (κ3) is 4.45. The summed E-state index contributed by atoms with van der Waals surface area (Å²) in [6.45, 7) is 6.24. The molecule has 0 aliphatic heterocycles. The van der Waals surface area contributed by atoms with Crippen LogP contribution in [0.2, 0.25) is 0 Å². The molecule has 3 aromatic rings. The lowest BCUT2D eigenvalue weighted by Crippen LogP contribution is -2.20. The van der Waals surface area contributed by atoms with Gasteiger partial charge in [-0.3, -0.25) is 4.79 Å². The summed E-state index contributed by atoms with van der Waals surface area (Å²) in [5, 5.41) is 0. The summed E-state index contributed by atoms with van der Waals surface area (Å²) in [6, 6.07) is 21.2. The molecular formula is C28H28O4. The second kappa shape index (κ2) is 8.99. The fourth-order valence-corrected chi connectivity index (χ4v) is 4.38. The van der Waals surface area contributed by atoms with Gasteiger partial charge in [0.25, 0.3) is 0 Å². The van der Waals surface area contributed by atoms with E-state index in [9.17, 15) is 9.59 Å². The third-order valence-corrected chi connectivity index (χ3v) is 6.09. The van der Waals surface area contributed by atoms with Crippen molar-refractivity contribution in [3.63, 3.8) is 0 Å². The molecule has 1 aliphatic carbocycles. The van der Waals surface area contributed by atoms with Gasteiger partial charge in [-0.25, -0.2) is 4.79 Å². The number of aryl methyl sites for hydroxylation is 3. The summed E-state index contributed by atoms with van der Waals surface area (Å²) in [4.78, 5) is 25.5. The van der Waals surface area contributed by atoms with Crippen LogP contribution in [0.3, 0.4) is 0 Å². The second-order valence-corrected chi connectivity index (χ2v) is 8.56. The summed E-state index contributed by atoms with van der Waals surface area (Å²) in [7, 11) is 0. The first kappa shape index (κ1) is 21.8. The van der Waals surface area contributed by atoms with Gasteiger partial charge in [0.2, 0.25) is 0 Å². The zero-order chi connectivity index (χ0) is 22.7. The van der Waals surface area contributed by atoms with Gasteiger partial charge in [-0.1, -0.05) is 48.0 Å². The van der Waals surface area contributed by atoms with Crippen molar-refractivity contribution in [3.8, 4) is 5.75 Å². The van der Waals surface area contributed by atoms with E-state index in [4.69, 9.17) is 9.47 Å². The fraction of sp³-hybridized carbons (Fsp3) is 0.286. The van der Waals surface area contributed by atoms with E-state index in [0.29, 0.717) is 16.9 Å². The van der Waals surface area contributed by atoms with E-state index in [1.165, 1.54) is 0 Å². The minimum Gasteiger partial charge on any atom is -0.490 e. The van der Waals surface area contributed by atoms with E-state index < -0.39 is 0 Å². The Morgan fingerprint density at radius 1 is 0.844 bits per heavy atom. The van der Waals surface area contributed by atoms with E-state index in [-0.39, 0.29) is 30.4 Å². The highest BCUT2D eigenvalue weighted by Crippen LogP contribution is 2.50. The SMILES string of the molecule is Cc1cc(C)c(C(=O)OCCOc2ccc(C(=O)C3(c4ccccc4)CC3)cc2)c(C)c1. The highest BCUT2D eigenvalue weighted by Gasteiger charge is 2.50. The van der Waals surface area contributed by atoms with Crippen molar-refractivity contribution in [1.82, 2.24) is 0 Å². The van der Waals surface area contributed by atoms with Crippen molar-refractivity contribution in [2.24, 2.45) is 0 Å². The number of rotatable bonds is 8. The second-order valence-electron chi connectivity index (χ2n) is 8.56. The molecule has 0 bridgehead atoms. The fourth-order valence-electron chi connectivity index (χ4n) is 4.38. The van der Waals surface area contributed by atoms with E-state index in [0.717, 1.165) is 35.1 Å². The molecule has 3 aromatic carbocycles. The van der Waals surface area contributed by atoms with Crippen LogP contribution in [0.1, 0.15) is 55.8 Å². The van der Waals surface area contributed by atoms with Gasteiger partial charge < -0.3 is 9.47 Å². The summed E-state index contributed by atoms with van der Waals surface area (Å²) in [5.74, 6) is 0.470. The van der Waals surface area contributed by atoms with Crippen molar-refractivity contribution in [3.05, 3.63) is 100 Å². The molecule has 0 aromatic heterocycles. The van der Waals surface area contributed by atoms with Gasteiger partial charge in [0, 0.05) is 5.56 Å². The predicted molar refractivity (Wildman–Crippen MR) is 125 cm³/mol. The van der Waals surface area contributed by atoms with Crippen LogP contribution in [-0.4, -0.2) is 25.0 Å². The Morgan fingerprint density at radius 3 is 2.06 bits per heavy atom. The Morgan fingerprint density at radius 2 is 1.47 bits per heavy atom. The van der Waals surface area contributed by atoms with Gasteiger partial charge >= 0.3 is 5.97 Å². The van der Waals surface area contributed by atoms with Crippen LogP contribution in [0.5, 0.6) is 5.75 Å². The molecule has 4 rings (SSSR count). The number of benzene rings is 3. The molecule has 0 spiro atoms. The maximum atomic E-state index is 13.1. The van der Waals surface area contributed by atoms with E-state index in [1.54, 1.807) is 12.1 Å². The average Bonchev–Trinajstić information content (AvgIpc) is 3.59. The Kier molecular flexibility index (Phi) is 6.13. The van der Waals surface area contributed by atoms with Crippen molar-refractivity contribution in [2.45, 2.75) is 39.0 Å². The number of esters is 1. The Balaban J connectivity index is 1.30. The zero-order valence-electron chi connectivity index (χ0n) is 18.8. The van der Waals surface area contributed by atoms with Crippen molar-refractivity contribution < 1.29 is 19.1 Å². The Hall–Kier alpha value is -3.40. The Labute approximate surface area is 189 Å². The predicted octanol–water partition coefficient (Wildman–Crippen LogP) is 5.76. The maximum absolute atomic E-state index is 13.1. The van der Waals surface area contributed by atoms with Crippen LogP contribution >= 0.6 is 0 Å². The van der Waals surface area contributed by atoms with Gasteiger partial charge in [-0.05, 0) is 74.6 Å². The van der Waals surface area contributed by atoms with E-state index in [1.807, 2.05) is 75.4 Å². The normalized spacial score (nSPS) is 14.0. The minimum atomic E-state index is -0.371. The first-order chi connectivity index (χ1) is 15.4. The van der Waals surface area contributed by atoms with E-state index >= 15 is 0 Å². The molecule has 164 valence electrons. The zero-order valence-corrected chi connectivity index (χ0v) is 18.8. The molecule has 0 atom stereocenters. The number of ketones is 1. The minimum absolute atomic E-state index is 0.156. The molecular weight excluding hydrogens is 400 g/mol. The van der Waals surface area contributed by atoms with E-state index in [2.05, 4.69) is 0 Å². The standard InChI is InChI=1S/C28H28O4/c1-19-17-20(2)25(21(3)18-19)27(30)32-16-15-31-24-11-9-22(10-12-24)26(29)28(13-14-28)23-7-5-4-6-8-23/h4-12,17-18H,13-16H2,1-3H3. The number of Topliss-reactive ketones (excluding diaryl/α,β-unsaturated/α-hetero) is 1. The number of hydrogen-bond donors (Lipinski definition) is 0. The van der Waals surface area contributed by atoms with Crippen molar-refractivity contribution in [1.29, 1.82) is 0 Å². The molecule has 0 unspecified atom stereocenters. The first-order valence-corrected chi connectivity index (χ1v) is 11.0. The number of carbonyl (C=O) groups excluding carboxylic acids is 2. The first-order valence-electron chi connectivity index (χ1n) is 11.0. The van der Waals surface area contributed by atoms with Crippen LogP contribution in [0.25, 0.3) is 0 Å². The van der Waals surface area contributed by atoms with Gasteiger partial charge in [0.1, 0.15) is 19.0 Å². The molecule has 1 fully saturated rings. The van der Waals surface area contributed by atoms with Gasteiger partial charge in [0.15, 0.2) is 5.78 Å². The highest BCUT2D eigenvalue weighted by atomic mass is 16.6. The smallest absolute Gasteiger partial charge is 0.338 e. The highest BCUT2D eigenvalue weighted by molar-refractivity contribution is 6.06. The van der Waals surface area contributed by atoms with Crippen LogP contribution in [0, 0.1) is 20.8 Å². The number of ether oxygens (including phenoxy) is 2. The van der Waals surface area contributed by atoms with Crippen molar-refractivity contribution in [2.75, 3.05) is 13.2 Å². The van der Waals surface area contributed by atoms with Crippen molar-refractivity contribution >= 4 is 11.8 Å². The molecule has 32 heavy (non-hydrogen) atoms. The molecule has 0 radical (unpaired) electrons. The third-order valence-electron chi connectivity index (χ3n) is 6.09. The van der Waals surface area contributed by atoms with Crippen LogP contribution in [0.4, 0.5) is 0 Å². The summed E-state index contributed by atoms with van der Waals surface area (Å²) < 4.78 is 11.1. The monoisotopic (exact) mass is 428 g/mol. The molecule has 0 amide bonds. The summed E-state index contributed by atoms with van der Waals surface area (Å²) >= 11 is 0. The molecule has 0 N–H and O–H groups in total. The van der Waals surface area contributed by atoms with Gasteiger partial charge in [-0.2, -0.15) is 0 Å². The summed E-state index contributed by atoms with van der Waals surface area (Å²) in [5.41, 5.74) is 4.98.